The van der Waals surface area contributed by atoms with Gasteiger partial charge in [0.2, 0.25) is 0 Å². The van der Waals surface area contributed by atoms with Crippen molar-refractivity contribution in [2.45, 2.75) is 96.1 Å². The van der Waals surface area contributed by atoms with Crippen molar-refractivity contribution in [2.75, 3.05) is 0 Å². The highest BCUT2D eigenvalue weighted by molar-refractivity contribution is 5.87. The van der Waals surface area contributed by atoms with Crippen LogP contribution in [0.25, 0.3) is 0 Å². The quantitative estimate of drug-likeness (QED) is 0.424. The number of fused-ring (bicyclic) bond motifs is 1. The van der Waals surface area contributed by atoms with Crippen LogP contribution >= 0.6 is 0 Å². The Kier molecular flexibility index (Phi) is 5.94. The molecular formula is C21H32O9. The summed E-state index contributed by atoms with van der Waals surface area (Å²) in [4.78, 5) is 37.8. The van der Waals surface area contributed by atoms with Crippen molar-refractivity contribution in [2.24, 2.45) is 17.8 Å². The lowest BCUT2D eigenvalue weighted by molar-refractivity contribution is -0.179. The van der Waals surface area contributed by atoms with Gasteiger partial charge >= 0.3 is 17.9 Å². The molecule has 0 aliphatic carbocycles. The summed E-state index contributed by atoms with van der Waals surface area (Å²) in [5.41, 5.74) is -2.61. The van der Waals surface area contributed by atoms with Crippen molar-refractivity contribution in [3.8, 4) is 0 Å². The number of esters is 3. The van der Waals surface area contributed by atoms with Crippen molar-refractivity contribution < 1.29 is 43.5 Å². The SMILES string of the molecule is CCC(C)C(=O)OC1C2OC(=O)C3C2OC1C3C(=O)OC(CC(C)(C)O)C(C)(C)O. The molecule has 8 atom stereocenters. The molecule has 3 fully saturated rings. The molecular weight excluding hydrogens is 396 g/mol. The minimum absolute atomic E-state index is 0.00587. The van der Waals surface area contributed by atoms with Crippen LogP contribution in [-0.4, -0.2) is 69.8 Å². The van der Waals surface area contributed by atoms with E-state index < -0.39 is 71.5 Å². The second-order valence-electron chi connectivity index (χ2n) is 9.82. The molecule has 2 N–H and O–H groups in total. The molecule has 0 aromatic heterocycles. The summed E-state index contributed by atoms with van der Waals surface area (Å²) in [6.07, 6.45) is -3.58. The first-order chi connectivity index (χ1) is 13.7. The first-order valence-corrected chi connectivity index (χ1v) is 10.5. The zero-order valence-electron chi connectivity index (χ0n) is 18.3. The van der Waals surface area contributed by atoms with Gasteiger partial charge in [0.1, 0.15) is 30.1 Å². The van der Waals surface area contributed by atoms with Gasteiger partial charge in [0.15, 0.2) is 12.2 Å². The van der Waals surface area contributed by atoms with Crippen molar-refractivity contribution in [1.29, 1.82) is 0 Å². The fourth-order valence-electron chi connectivity index (χ4n) is 4.26. The topological polar surface area (TPSA) is 129 Å². The number of carbonyl (C=O) groups is 3. The lowest BCUT2D eigenvalue weighted by Gasteiger charge is -2.35. The maximum absolute atomic E-state index is 13.1. The molecule has 2 bridgehead atoms. The summed E-state index contributed by atoms with van der Waals surface area (Å²) < 4.78 is 22.3. The number of hydrogen-bond donors (Lipinski definition) is 2. The molecule has 0 aromatic carbocycles. The van der Waals surface area contributed by atoms with Crippen LogP contribution in [0.5, 0.6) is 0 Å². The third-order valence-corrected chi connectivity index (χ3v) is 6.18. The summed E-state index contributed by atoms with van der Waals surface area (Å²) in [5, 5.41) is 20.6. The molecule has 0 amide bonds. The molecule has 0 spiro atoms. The Morgan fingerprint density at radius 2 is 1.77 bits per heavy atom. The lowest BCUT2D eigenvalue weighted by atomic mass is 9.78. The standard InChI is InChI=1S/C21H32O9/c1-7-9(2)17(22)29-15-13-11(12-14(28-13)16(15)30-19(12)24)18(23)27-10(21(5,6)26)8-20(3,4)25/h9-16,25-26H,7-8H2,1-6H3. The largest absolute Gasteiger partial charge is 0.459 e. The Morgan fingerprint density at radius 1 is 1.13 bits per heavy atom. The zero-order chi connectivity index (χ0) is 22.6. The molecule has 9 nitrogen and oxygen atoms in total. The highest BCUT2D eigenvalue weighted by Gasteiger charge is 2.72. The Morgan fingerprint density at radius 3 is 2.30 bits per heavy atom. The van der Waals surface area contributed by atoms with Crippen LogP contribution in [-0.2, 0) is 33.3 Å². The number of hydrogen-bond acceptors (Lipinski definition) is 9. The van der Waals surface area contributed by atoms with E-state index in [4.69, 9.17) is 18.9 Å². The molecule has 3 aliphatic rings. The molecule has 0 saturated carbocycles. The van der Waals surface area contributed by atoms with Crippen LogP contribution in [0, 0.1) is 17.8 Å². The van der Waals surface area contributed by atoms with Gasteiger partial charge in [-0.3, -0.25) is 14.4 Å². The van der Waals surface area contributed by atoms with E-state index in [1.165, 1.54) is 13.8 Å². The van der Waals surface area contributed by atoms with Gasteiger partial charge < -0.3 is 29.2 Å². The molecule has 9 heteroatoms. The van der Waals surface area contributed by atoms with E-state index in [1.54, 1.807) is 20.8 Å². The molecule has 0 radical (unpaired) electrons. The average Bonchev–Trinajstić information content (AvgIpc) is 3.21. The fourth-order valence-corrected chi connectivity index (χ4v) is 4.26. The van der Waals surface area contributed by atoms with E-state index in [2.05, 4.69) is 0 Å². The number of aliphatic hydroxyl groups is 2. The van der Waals surface area contributed by atoms with Gasteiger partial charge in [0, 0.05) is 6.42 Å². The van der Waals surface area contributed by atoms with Gasteiger partial charge in [0.05, 0.1) is 17.1 Å². The van der Waals surface area contributed by atoms with E-state index in [9.17, 15) is 24.6 Å². The highest BCUT2D eigenvalue weighted by atomic mass is 16.7. The number of rotatable bonds is 8. The van der Waals surface area contributed by atoms with Crippen molar-refractivity contribution in [3.63, 3.8) is 0 Å². The van der Waals surface area contributed by atoms with Gasteiger partial charge in [-0.15, -0.1) is 0 Å². The minimum Gasteiger partial charge on any atom is -0.459 e. The zero-order valence-corrected chi connectivity index (χ0v) is 18.3. The maximum Gasteiger partial charge on any atom is 0.313 e. The summed E-state index contributed by atoms with van der Waals surface area (Å²) in [6, 6.07) is 0. The Bertz CT molecular complexity index is 704. The molecule has 3 heterocycles. The minimum atomic E-state index is -1.42. The van der Waals surface area contributed by atoms with Crippen LogP contribution in [0.4, 0.5) is 0 Å². The molecule has 8 unspecified atom stereocenters. The number of ether oxygens (including phenoxy) is 4. The third kappa shape index (κ3) is 4.20. The van der Waals surface area contributed by atoms with Crippen LogP contribution in [0.1, 0.15) is 54.4 Å². The second-order valence-corrected chi connectivity index (χ2v) is 9.82. The van der Waals surface area contributed by atoms with Crippen LogP contribution in [0.15, 0.2) is 0 Å². The van der Waals surface area contributed by atoms with Crippen LogP contribution in [0.2, 0.25) is 0 Å². The van der Waals surface area contributed by atoms with Crippen LogP contribution in [0.3, 0.4) is 0 Å². The fraction of sp³-hybridized carbons (Fsp3) is 0.857. The van der Waals surface area contributed by atoms with Gasteiger partial charge in [-0.2, -0.15) is 0 Å². The summed E-state index contributed by atoms with van der Waals surface area (Å²) in [7, 11) is 0. The molecule has 3 saturated heterocycles. The van der Waals surface area contributed by atoms with Crippen LogP contribution < -0.4 is 0 Å². The molecule has 3 rings (SSSR count). The molecule has 170 valence electrons. The van der Waals surface area contributed by atoms with Crippen molar-refractivity contribution >= 4 is 17.9 Å². The lowest BCUT2D eigenvalue weighted by Crippen LogP contribution is -2.51. The van der Waals surface area contributed by atoms with Crippen molar-refractivity contribution in [3.05, 3.63) is 0 Å². The van der Waals surface area contributed by atoms with E-state index in [0.29, 0.717) is 6.42 Å². The first kappa shape index (κ1) is 23.0. The smallest absolute Gasteiger partial charge is 0.313 e. The Hall–Kier alpha value is -1.71. The summed E-state index contributed by atoms with van der Waals surface area (Å²) in [5.74, 6) is -3.96. The van der Waals surface area contributed by atoms with Gasteiger partial charge in [0.25, 0.3) is 0 Å². The molecule has 0 aromatic rings. The average molecular weight is 428 g/mol. The Balaban J connectivity index is 1.80. The van der Waals surface area contributed by atoms with E-state index >= 15 is 0 Å². The highest BCUT2D eigenvalue weighted by Crippen LogP contribution is 2.51. The van der Waals surface area contributed by atoms with E-state index in [-0.39, 0.29) is 12.3 Å². The maximum atomic E-state index is 13.1. The van der Waals surface area contributed by atoms with Gasteiger partial charge in [-0.25, -0.2) is 0 Å². The number of carbonyl (C=O) groups excluding carboxylic acids is 3. The molecule has 3 aliphatic heterocycles. The van der Waals surface area contributed by atoms with Crippen molar-refractivity contribution in [1.82, 2.24) is 0 Å². The predicted octanol–water partition coefficient (Wildman–Crippen LogP) is 0.727. The molecule has 30 heavy (non-hydrogen) atoms. The second kappa shape index (κ2) is 7.76. The summed E-state index contributed by atoms with van der Waals surface area (Å²) in [6.45, 7) is 9.63. The van der Waals surface area contributed by atoms with E-state index in [1.807, 2.05) is 6.92 Å². The third-order valence-electron chi connectivity index (χ3n) is 6.18. The first-order valence-electron chi connectivity index (χ1n) is 10.5. The van der Waals surface area contributed by atoms with Gasteiger partial charge in [-0.05, 0) is 34.1 Å². The van der Waals surface area contributed by atoms with E-state index in [0.717, 1.165) is 0 Å². The predicted molar refractivity (Wildman–Crippen MR) is 102 cm³/mol. The normalized spacial score (nSPS) is 34.5. The Labute approximate surface area is 176 Å². The summed E-state index contributed by atoms with van der Waals surface area (Å²) >= 11 is 0. The monoisotopic (exact) mass is 428 g/mol. The van der Waals surface area contributed by atoms with Gasteiger partial charge in [-0.1, -0.05) is 13.8 Å².